The average Bonchev–Trinajstić information content (AvgIpc) is 2.44. The number of hydrogen-bond donors (Lipinski definition) is 1. The normalized spacial score (nSPS) is 10.4. The number of anilines is 1. The number of aryl methyl sites for hydroxylation is 1. The van der Waals surface area contributed by atoms with E-state index >= 15 is 0 Å². The third kappa shape index (κ3) is 4.03. The third-order valence-electron chi connectivity index (χ3n) is 2.97. The van der Waals surface area contributed by atoms with Gasteiger partial charge in [0.05, 0.1) is 0 Å². The molecule has 4 nitrogen and oxygen atoms in total. The second-order valence-electron chi connectivity index (χ2n) is 4.58. The molecule has 0 radical (unpaired) electrons. The molecule has 0 saturated carbocycles. The quantitative estimate of drug-likeness (QED) is 0.860. The van der Waals surface area contributed by atoms with Crippen LogP contribution in [0.25, 0.3) is 0 Å². The van der Waals surface area contributed by atoms with Crippen molar-refractivity contribution in [1.82, 2.24) is 9.97 Å². The Balaban J connectivity index is 2.16. The molecule has 0 fully saturated rings. The van der Waals surface area contributed by atoms with Gasteiger partial charge in [0, 0.05) is 43.1 Å². The lowest BCUT2D eigenvalue weighted by Gasteiger charge is -2.25. The minimum atomic E-state index is 0.702. The van der Waals surface area contributed by atoms with Crippen molar-refractivity contribution in [3.63, 3.8) is 0 Å². The van der Waals surface area contributed by atoms with Crippen molar-refractivity contribution in [2.24, 2.45) is 5.73 Å². The molecule has 2 heterocycles. The Hall–Kier alpha value is -1.94. The molecule has 0 aliphatic rings. The van der Waals surface area contributed by atoms with Gasteiger partial charge < -0.3 is 10.6 Å². The minimum absolute atomic E-state index is 0.702. The van der Waals surface area contributed by atoms with Crippen molar-refractivity contribution < 1.29 is 0 Å². The highest BCUT2D eigenvalue weighted by molar-refractivity contribution is 5.46. The van der Waals surface area contributed by atoms with Crippen LogP contribution in [0.1, 0.15) is 17.7 Å². The van der Waals surface area contributed by atoms with Crippen LogP contribution < -0.4 is 10.6 Å². The highest BCUT2D eigenvalue weighted by atomic mass is 15.1. The summed E-state index contributed by atoms with van der Waals surface area (Å²) in [5.74, 6) is 0. The molecule has 2 aromatic heterocycles. The molecule has 0 aliphatic carbocycles. The third-order valence-corrected chi connectivity index (χ3v) is 2.97. The van der Waals surface area contributed by atoms with Gasteiger partial charge in [0.1, 0.15) is 0 Å². The molecule has 2 aromatic rings. The summed E-state index contributed by atoms with van der Waals surface area (Å²) in [6.07, 6.45) is 6.53. The Morgan fingerprint density at radius 3 is 2.84 bits per heavy atom. The van der Waals surface area contributed by atoms with Crippen LogP contribution in [0.4, 0.5) is 5.69 Å². The molecular weight excluding hydrogens is 236 g/mol. The Labute approximate surface area is 114 Å². The summed E-state index contributed by atoms with van der Waals surface area (Å²) in [6, 6.07) is 8.21. The fourth-order valence-electron chi connectivity index (χ4n) is 2.02. The maximum absolute atomic E-state index is 5.63. The second-order valence-corrected chi connectivity index (χ2v) is 4.58. The summed E-state index contributed by atoms with van der Waals surface area (Å²) < 4.78 is 0. The van der Waals surface area contributed by atoms with Crippen molar-refractivity contribution in [3.05, 3.63) is 54.1 Å². The fraction of sp³-hybridized carbons (Fsp3) is 0.333. The van der Waals surface area contributed by atoms with Crippen LogP contribution in [0.2, 0.25) is 0 Å². The van der Waals surface area contributed by atoms with E-state index in [0.717, 1.165) is 25.2 Å². The summed E-state index contributed by atoms with van der Waals surface area (Å²) in [4.78, 5) is 10.7. The zero-order chi connectivity index (χ0) is 13.5. The molecule has 0 aliphatic heterocycles. The van der Waals surface area contributed by atoms with Crippen LogP contribution in [-0.2, 0) is 6.54 Å². The zero-order valence-electron chi connectivity index (χ0n) is 11.3. The lowest BCUT2D eigenvalue weighted by Crippen LogP contribution is -2.25. The van der Waals surface area contributed by atoms with E-state index in [0.29, 0.717) is 6.54 Å². The molecule has 2 rings (SSSR count). The van der Waals surface area contributed by atoms with Gasteiger partial charge in [0.25, 0.3) is 0 Å². The van der Waals surface area contributed by atoms with E-state index in [2.05, 4.69) is 27.0 Å². The summed E-state index contributed by atoms with van der Waals surface area (Å²) >= 11 is 0. The average molecular weight is 256 g/mol. The van der Waals surface area contributed by atoms with Crippen LogP contribution in [0, 0.1) is 6.92 Å². The van der Waals surface area contributed by atoms with E-state index in [4.69, 9.17) is 5.73 Å². The van der Waals surface area contributed by atoms with Gasteiger partial charge in [-0.15, -0.1) is 0 Å². The van der Waals surface area contributed by atoms with Crippen molar-refractivity contribution in [1.29, 1.82) is 0 Å². The molecule has 0 aromatic carbocycles. The highest BCUT2D eigenvalue weighted by Crippen LogP contribution is 2.17. The summed E-state index contributed by atoms with van der Waals surface area (Å²) in [6.45, 7) is 4.49. The SMILES string of the molecule is Cc1cc(N(CCCN)Cc2cccnc2)ccn1. The van der Waals surface area contributed by atoms with Crippen molar-refractivity contribution in [2.45, 2.75) is 19.9 Å². The molecule has 0 unspecified atom stereocenters. The number of hydrogen-bond acceptors (Lipinski definition) is 4. The molecule has 4 heteroatoms. The first-order valence-electron chi connectivity index (χ1n) is 6.56. The molecule has 0 amide bonds. The molecule has 0 bridgehead atoms. The largest absolute Gasteiger partial charge is 0.367 e. The van der Waals surface area contributed by atoms with E-state index in [9.17, 15) is 0 Å². The first kappa shape index (κ1) is 13.5. The van der Waals surface area contributed by atoms with E-state index < -0.39 is 0 Å². The highest BCUT2D eigenvalue weighted by Gasteiger charge is 2.07. The molecular formula is C15H20N4. The number of aromatic nitrogens is 2. The number of nitrogens with zero attached hydrogens (tertiary/aromatic N) is 3. The first-order valence-corrected chi connectivity index (χ1v) is 6.56. The topological polar surface area (TPSA) is 55.0 Å². The molecule has 19 heavy (non-hydrogen) atoms. The zero-order valence-corrected chi connectivity index (χ0v) is 11.3. The van der Waals surface area contributed by atoms with Gasteiger partial charge in [-0.25, -0.2) is 0 Å². The lowest BCUT2D eigenvalue weighted by molar-refractivity contribution is 0.733. The number of pyridine rings is 2. The van der Waals surface area contributed by atoms with Crippen LogP contribution in [-0.4, -0.2) is 23.1 Å². The van der Waals surface area contributed by atoms with Gasteiger partial charge in [0.2, 0.25) is 0 Å². The summed E-state index contributed by atoms with van der Waals surface area (Å²) in [5.41, 5.74) is 9.04. The van der Waals surface area contributed by atoms with Gasteiger partial charge >= 0.3 is 0 Å². The van der Waals surface area contributed by atoms with Crippen LogP contribution in [0.3, 0.4) is 0 Å². The van der Waals surface area contributed by atoms with E-state index in [1.165, 1.54) is 11.3 Å². The molecule has 0 spiro atoms. The molecule has 0 atom stereocenters. The van der Waals surface area contributed by atoms with Gasteiger partial charge in [-0.3, -0.25) is 9.97 Å². The van der Waals surface area contributed by atoms with Crippen molar-refractivity contribution in [2.75, 3.05) is 18.0 Å². The Bertz CT molecular complexity index is 499. The van der Waals surface area contributed by atoms with E-state index in [1.54, 1.807) is 6.20 Å². The number of rotatable bonds is 6. The van der Waals surface area contributed by atoms with Crippen LogP contribution in [0.15, 0.2) is 42.9 Å². The fourth-order valence-corrected chi connectivity index (χ4v) is 2.02. The van der Waals surface area contributed by atoms with Crippen LogP contribution in [0.5, 0.6) is 0 Å². The Morgan fingerprint density at radius 1 is 1.26 bits per heavy atom. The standard InChI is InChI=1S/C15H20N4/c1-13-10-15(5-8-18-13)19(9-3-6-16)12-14-4-2-7-17-11-14/h2,4-5,7-8,10-11H,3,6,9,12,16H2,1H3. The smallest absolute Gasteiger partial charge is 0.0444 e. The summed E-state index contributed by atoms with van der Waals surface area (Å²) in [5, 5.41) is 0. The van der Waals surface area contributed by atoms with E-state index in [-0.39, 0.29) is 0 Å². The first-order chi connectivity index (χ1) is 9.29. The summed E-state index contributed by atoms with van der Waals surface area (Å²) in [7, 11) is 0. The van der Waals surface area contributed by atoms with Crippen LogP contribution >= 0.6 is 0 Å². The minimum Gasteiger partial charge on any atom is -0.367 e. The molecule has 2 N–H and O–H groups in total. The maximum Gasteiger partial charge on any atom is 0.0444 e. The van der Waals surface area contributed by atoms with E-state index in [1.807, 2.05) is 31.5 Å². The van der Waals surface area contributed by atoms with Gasteiger partial charge in [0.15, 0.2) is 0 Å². The predicted octanol–water partition coefficient (Wildman–Crippen LogP) is 2.14. The van der Waals surface area contributed by atoms with Crippen molar-refractivity contribution in [3.8, 4) is 0 Å². The molecule has 0 saturated heterocycles. The Morgan fingerprint density at radius 2 is 2.16 bits per heavy atom. The van der Waals surface area contributed by atoms with Gasteiger partial charge in [-0.1, -0.05) is 6.07 Å². The van der Waals surface area contributed by atoms with Gasteiger partial charge in [-0.05, 0) is 43.7 Å². The predicted molar refractivity (Wildman–Crippen MR) is 77.9 cm³/mol. The Kier molecular flexibility index (Phi) is 4.86. The van der Waals surface area contributed by atoms with Gasteiger partial charge in [-0.2, -0.15) is 0 Å². The number of nitrogens with two attached hydrogens (primary N) is 1. The monoisotopic (exact) mass is 256 g/mol. The lowest BCUT2D eigenvalue weighted by atomic mass is 10.2. The second kappa shape index (κ2) is 6.85. The maximum atomic E-state index is 5.63. The molecule has 100 valence electrons. The van der Waals surface area contributed by atoms with Crippen molar-refractivity contribution >= 4 is 5.69 Å².